The van der Waals surface area contributed by atoms with Crippen LogP contribution in [0.5, 0.6) is 0 Å². The highest BCUT2D eigenvalue weighted by Crippen LogP contribution is 2.34. The molecule has 0 aliphatic rings. The van der Waals surface area contributed by atoms with Gasteiger partial charge in [0, 0.05) is 6.07 Å². The molecular formula is C25H19Cl2N7O4. The lowest BCUT2D eigenvalue weighted by Crippen LogP contribution is -2.36. The summed E-state index contributed by atoms with van der Waals surface area (Å²) in [6.07, 6.45) is 0.556. The van der Waals surface area contributed by atoms with E-state index in [1.165, 1.54) is 22.9 Å². The number of aromatic nitrogens is 3. The molecule has 2 heterocycles. The van der Waals surface area contributed by atoms with Crippen LogP contribution in [0.15, 0.2) is 70.7 Å². The Balaban J connectivity index is 1.64. The first-order valence-electron chi connectivity index (χ1n) is 11.1. The van der Waals surface area contributed by atoms with Crippen LogP contribution in [0.3, 0.4) is 0 Å². The molecule has 192 valence electrons. The predicted molar refractivity (Wildman–Crippen MR) is 143 cm³/mol. The Hall–Kier alpha value is -4.66. The van der Waals surface area contributed by atoms with E-state index in [2.05, 4.69) is 20.4 Å². The fourth-order valence-corrected chi connectivity index (χ4v) is 4.23. The quantitative estimate of drug-likeness (QED) is 0.260. The number of hydrogen-bond donors (Lipinski definition) is 2. The van der Waals surface area contributed by atoms with Crippen molar-refractivity contribution in [2.75, 3.05) is 12.0 Å². The summed E-state index contributed by atoms with van der Waals surface area (Å²) in [6.45, 7) is 1.98. The van der Waals surface area contributed by atoms with Gasteiger partial charge < -0.3 is 9.30 Å². The molecule has 0 radical (unpaired) electrons. The van der Waals surface area contributed by atoms with Gasteiger partial charge in [0.25, 0.3) is 11.5 Å². The van der Waals surface area contributed by atoms with E-state index in [0.717, 1.165) is 5.56 Å². The second-order valence-electron chi connectivity index (χ2n) is 7.72. The second-order valence-corrected chi connectivity index (χ2v) is 8.53. The zero-order chi connectivity index (χ0) is 27.2. The molecule has 38 heavy (non-hydrogen) atoms. The van der Waals surface area contributed by atoms with Crippen LogP contribution in [0.4, 0.5) is 10.5 Å². The number of alkyl carbamates (subject to hydrolysis) is 1. The Morgan fingerprint density at radius 1 is 1.11 bits per heavy atom. The Morgan fingerprint density at radius 2 is 1.82 bits per heavy atom. The summed E-state index contributed by atoms with van der Waals surface area (Å²) in [7, 11) is 0. The largest absolute Gasteiger partial charge is 0.450 e. The molecule has 2 aromatic heterocycles. The van der Waals surface area contributed by atoms with Gasteiger partial charge in [-0.1, -0.05) is 53.5 Å². The maximum absolute atomic E-state index is 12.6. The maximum atomic E-state index is 12.6. The van der Waals surface area contributed by atoms with E-state index in [1.54, 1.807) is 29.8 Å². The summed E-state index contributed by atoms with van der Waals surface area (Å²) >= 11 is 13.1. The lowest BCUT2D eigenvalue weighted by Gasteiger charge is -2.12. The number of carbonyl (C=O) groups excluding carboxylic acids is 2. The lowest BCUT2D eigenvalue weighted by atomic mass is 10.2. The maximum Gasteiger partial charge on any atom is 0.414 e. The topological polar surface area (TPSA) is 143 Å². The van der Waals surface area contributed by atoms with E-state index in [0.29, 0.717) is 23.3 Å². The minimum absolute atomic E-state index is 0.0519. The molecule has 2 amide bonds. The third-order valence-electron chi connectivity index (χ3n) is 5.25. The van der Waals surface area contributed by atoms with Gasteiger partial charge in [0.05, 0.1) is 46.1 Å². The molecule has 0 unspecified atom stereocenters. The number of hydrazone groups is 1. The second kappa shape index (κ2) is 11.6. The molecule has 4 rings (SSSR count). The van der Waals surface area contributed by atoms with Gasteiger partial charge in [-0.05, 0) is 30.7 Å². The van der Waals surface area contributed by atoms with Crippen LogP contribution in [0, 0.1) is 11.3 Å². The number of carbonyl (C=O) groups is 2. The average Bonchev–Trinajstić information content (AvgIpc) is 3.30. The molecule has 0 spiro atoms. The Labute approximate surface area is 225 Å². The number of halogens is 2. The number of nitrogens with one attached hydrogen (secondary N) is 2. The molecule has 0 fully saturated rings. The average molecular weight is 552 g/mol. The number of fused-ring (bicyclic) bond motifs is 1. The highest BCUT2D eigenvalue weighted by Gasteiger charge is 2.18. The number of hydrogen-bond acceptors (Lipinski definition) is 8. The van der Waals surface area contributed by atoms with E-state index in [1.807, 2.05) is 35.6 Å². The van der Waals surface area contributed by atoms with Crippen molar-refractivity contribution in [3.63, 3.8) is 0 Å². The summed E-state index contributed by atoms with van der Waals surface area (Å²) in [5.74, 6) is -1.04. The van der Waals surface area contributed by atoms with Crippen LogP contribution in [-0.2, 0) is 16.1 Å². The SMILES string of the molecule is CCOC(=O)NC(=O)/C(C#N)=N\Nc1cc(Cl)c(-n2ncc3c2ccc(=O)n3Cc2ccccc2)c(Cl)c1. The Kier molecular flexibility index (Phi) is 8.06. The molecule has 2 N–H and O–H groups in total. The molecular weight excluding hydrogens is 533 g/mol. The van der Waals surface area contributed by atoms with Crippen molar-refractivity contribution >= 4 is 57.6 Å². The van der Waals surface area contributed by atoms with Gasteiger partial charge in [0.15, 0.2) is 0 Å². The first-order chi connectivity index (χ1) is 18.3. The van der Waals surface area contributed by atoms with Crippen LogP contribution >= 0.6 is 23.2 Å². The van der Waals surface area contributed by atoms with Crippen LogP contribution in [0.25, 0.3) is 16.7 Å². The zero-order valence-electron chi connectivity index (χ0n) is 19.8. The predicted octanol–water partition coefficient (Wildman–Crippen LogP) is 4.11. The van der Waals surface area contributed by atoms with Crippen LogP contribution < -0.4 is 16.3 Å². The molecule has 11 nitrogen and oxygen atoms in total. The van der Waals surface area contributed by atoms with Gasteiger partial charge in [0.2, 0.25) is 5.71 Å². The van der Waals surface area contributed by atoms with Gasteiger partial charge >= 0.3 is 6.09 Å². The number of nitriles is 1. The first-order valence-corrected chi connectivity index (χ1v) is 11.9. The van der Waals surface area contributed by atoms with Crippen molar-refractivity contribution < 1.29 is 14.3 Å². The monoisotopic (exact) mass is 551 g/mol. The number of rotatable bonds is 7. The van der Waals surface area contributed by atoms with E-state index in [-0.39, 0.29) is 27.9 Å². The van der Waals surface area contributed by atoms with Gasteiger partial charge in [-0.2, -0.15) is 15.5 Å². The third kappa shape index (κ3) is 5.67. The molecule has 4 aromatic rings. The van der Waals surface area contributed by atoms with Gasteiger partial charge in [-0.3, -0.25) is 20.3 Å². The van der Waals surface area contributed by atoms with E-state index < -0.39 is 17.7 Å². The number of amides is 2. The highest BCUT2D eigenvalue weighted by molar-refractivity contribution is 6.47. The van der Waals surface area contributed by atoms with Crippen LogP contribution in [-0.4, -0.2) is 38.7 Å². The van der Waals surface area contributed by atoms with Crippen molar-refractivity contribution in [3.05, 3.63) is 86.8 Å². The molecule has 0 aliphatic carbocycles. The number of nitrogens with zero attached hydrogens (tertiary/aromatic N) is 5. The standard InChI is InChI=1S/C25H19Cl2N7O4/c1-2-38-25(37)30-24(36)19(12-28)32-31-16-10-17(26)23(18(27)11-16)34-20-8-9-22(35)33(21(20)13-29-34)14-15-6-4-3-5-7-15/h3-11,13,31H,2,14H2,1H3,(H,30,36,37)/b32-19-. The van der Waals surface area contributed by atoms with Gasteiger partial charge in [-0.25, -0.2) is 9.48 Å². The Bertz CT molecular complexity index is 1630. The fourth-order valence-electron chi connectivity index (χ4n) is 3.58. The summed E-state index contributed by atoms with van der Waals surface area (Å²) in [5.41, 5.74) is 4.48. The van der Waals surface area contributed by atoms with Crippen molar-refractivity contribution in [1.29, 1.82) is 5.26 Å². The minimum atomic E-state index is -1.04. The van der Waals surface area contributed by atoms with Crippen molar-refractivity contribution in [3.8, 4) is 11.8 Å². The van der Waals surface area contributed by atoms with E-state index >= 15 is 0 Å². The third-order valence-corrected chi connectivity index (χ3v) is 5.82. The first kappa shape index (κ1) is 26.4. The number of anilines is 1. The molecule has 0 aliphatic heterocycles. The molecule has 0 bridgehead atoms. The molecule has 0 saturated carbocycles. The summed E-state index contributed by atoms with van der Waals surface area (Å²) < 4.78 is 7.72. The smallest absolute Gasteiger partial charge is 0.414 e. The molecule has 2 aromatic carbocycles. The number of pyridine rings is 1. The molecule has 0 atom stereocenters. The summed E-state index contributed by atoms with van der Waals surface area (Å²) in [6, 6.07) is 17.2. The van der Waals surface area contributed by atoms with Crippen molar-refractivity contribution in [2.24, 2.45) is 5.10 Å². The Morgan fingerprint density at radius 3 is 2.47 bits per heavy atom. The fraction of sp³-hybridized carbons (Fsp3) is 0.120. The summed E-state index contributed by atoms with van der Waals surface area (Å²) in [5, 5.41) is 19.6. The zero-order valence-corrected chi connectivity index (χ0v) is 21.3. The van der Waals surface area contributed by atoms with Gasteiger partial charge in [-0.15, -0.1) is 0 Å². The minimum Gasteiger partial charge on any atom is -0.450 e. The van der Waals surface area contributed by atoms with Crippen LogP contribution in [0.1, 0.15) is 12.5 Å². The number of benzene rings is 2. The highest BCUT2D eigenvalue weighted by atomic mass is 35.5. The van der Waals surface area contributed by atoms with E-state index in [9.17, 15) is 19.6 Å². The number of imide groups is 1. The van der Waals surface area contributed by atoms with Crippen molar-refractivity contribution in [2.45, 2.75) is 13.5 Å². The molecule has 13 heteroatoms. The lowest BCUT2D eigenvalue weighted by molar-refractivity contribution is -0.114. The van der Waals surface area contributed by atoms with Gasteiger partial charge in [0.1, 0.15) is 11.8 Å². The van der Waals surface area contributed by atoms with Crippen LogP contribution in [0.2, 0.25) is 10.0 Å². The number of ether oxygens (including phenoxy) is 1. The van der Waals surface area contributed by atoms with E-state index in [4.69, 9.17) is 23.2 Å². The summed E-state index contributed by atoms with van der Waals surface area (Å²) in [4.78, 5) is 36.1. The van der Waals surface area contributed by atoms with Crippen molar-refractivity contribution in [1.82, 2.24) is 19.7 Å². The normalized spacial score (nSPS) is 11.2. The molecule has 0 saturated heterocycles.